The number of unbranched alkanes of at least 4 members (excludes halogenated alkanes) is 6. The number of ether oxygens (including phenoxy) is 1. The number of hydrogen-bond donors (Lipinski definition) is 2. The number of nitrogens with zero attached hydrogens (tertiary/aromatic N) is 1. The summed E-state index contributed by atoms with van der Waals surface area (Å²) in [5.74, 6) is -0.887. The summed E-state index contributed by atoms with van der Waals surface area (Å²) in [5.41, 5.74) is 2.87. The molecular weight excluding hydrogens is 510 g/mol. The van der Waals surface area contributed by atoms with E-state index in [0.717, 1.165) is 29.3 Å². The summed E-state index contributed by atoms with van der Waals surface area (Å²) in [6.07, 6.45) is 9.70. The minimum absolute atomic E-state index is 0.148. The largest absolute Gasteiger partial charge is 0.422 e. The second kappa shape index (κ2) is 15.1. The summed E-state index contributed by atoms with van der Waals surface area (Å²) < 4.78 is 6.47. The molecule has 3 aromatic rings. The van der Waals surface area contributed by atoms with E-state index >= 15 is 0 Å². The van der Waals surface area contributed by atoms with Crippen molar-refractivity contribution in [2.45, 2.75) is 58.3 Å². The molecule has 2 N–H and O–H groups in total. The van der Waals surface area contributed by atoms with E-state index in [1.165, 1.54) is 43.2 Å². The molecule has 0 spiro atoms. The topological polar surface area (TPSA) is 96.9 Å². The smallest absolute Gasteiger partial charge is 0.355 e. The fourth-order valence-corrected chi connectivity index (χ4v) is 5.08. The van der Waals surface area contributed by atoms with Gasteiger partial charge in [-0.05, 0) is 24.6 Å². The number of thiophene rings is 1. The molecule has 0 aliphatic rings. The number of para-hydroxylation sites is 1. The Bertz CT molecular complexity index is 1240. The number of hydrazone groups is 1. The number of halogens is 1. The van der Waals surface area contributed by atoms with Crippen LogP contribution in [0.1, 0.15) is 73.5 Å². The standard InChI is InChI=1S/C28H32ClN3O4S/c1-2-3-4-5-6-7-8-17-24(33)30-19-25(34)32-31-18-20-13-9-11-15-22(20)36-28(35)27-26(29)21-14-10-12-16-23(21)37-27/h9-16,18H,2-8,17,19H2,1H3,(H,30,33)(H,32,34)/b31-18-. The van der Waals surface area contributed by atoms with Crippen LogP contribution >= 0.6 is 22.9 Å². The van der Waals surface area contributed by atoms with E-state index in [-0.39, 0.29) is 18.2 Å². The summed E-state index contributed by atoms with van der Waals surface area (Å²) in [7, 11) is 0. The van der Waals surface area contributed by atoms with E-state index in [9.17, 15) is 14.4 Å². The molecule has 2 aromatic carbocycles. The molecule has 0 atom stereocenters. The lowest BCUT2D eigenvalue weighted by molar-refractivity contribution is -0.126. The predicted octanol–water partition coefficient (Wildman–Crippen LogP) is 6.48. The highest BCUT2D eigenvalue weighted by molar-refractivity contribution is 7.21. The summed E-state index contributed by atoms with van der Waals surface area (Å²) in [6.45, 7) is 2.03. The summed E-state index contributed by atoms with van der Waals surface area (Å²) in [4.78, 5) is 37.1. The Kier molecular flexibility index (Phi) is 11.6. The van der Waals surface area contributed by atoms with E-state index in [1.54, 1.807) is 24.3 Å². The van der Waals surface area contributed by atoms with Crippen LogP contribution in [0.25, 0.3) is 10.1 Å². The van der Waals surface area contributed by atoms with Crippen molar-refractivity contribution in [2.75, 3.05) is 6.54 Å². The van der Waals surface area contributed by atoms with Crippen molar-refractivity contribution in [1.82, 2.24) is 10.7 Å². The molecular formula is C28H32ClN3O4S. The Balaban J connectivity index is 1.44. The molecule has 7 nitrogen and oxygen atoms in total. The third-order valence-electron chi connectivity index (χ3n) is 5.69. The molecule has 9 heteroatoms. The third kappa shape index (κ3) is 8.98. The van der Waals surface area contributed by atoms with Gasteiger partial charge in [0.05, 0.1) is 17.8 Å². The zero-order valence-corrected chi connectivity index (χ0v) is 22.5. The SMILES string of the molecule is CCCCCCCCCC(=O)NCC(=O)N/N=C\c1ccccc1OC(=O)c1sc2ccccc2c1Cl. The van der Waals surface area contributed by atoms with Crippen LogP contribution in [0.3, 0.4) is 0 Å². The highest BCUT2D eigenvalue weighted by atomic mass is 35.5. The van der Waals surface area contributed by atoms with Gasteiger partial charge in [-0.1, -0.05) is 87.4 Å². The third-order valence-corrected chi connectivity index (χ3v) is 7.34. The number of carbonyl (C=O) groups excluding carboxylic acids is 3. The molecule has 0 radical (unpaired) electrons. The van der Waals surface area contributed by atoms with E-state index < -0.39 is 11.9 Å². The first-order valence-electron chi connectivity index (χ1n) is 12.6. The van der Waals surface area contributed by atoms with Crippen LogP contribution in [0.2, 0.25) is 5.02 Å². The molecule has 0 unspecified atom stereocenters. The predicted molar refractivity (Wildman–Crippen MR) is 150 cm³/mol. The van der Waals surface area contributed by atoms with Gasteiger partial charge >= 0.3 is 5.97 Å². The molecule has 0 saturated carbocycles. The van der Waals surface area contributed by atoms with Gasteiger partial charge < -0.3 is 10.1 Å². The number of nitrogens with one attached hydrogen (secondary N) is 2. The van der Waals surface area contributed by atoms with E-state index in [0.29, 0.717) is 21.9 Å². The van der Waals surface area contributed by atoms with Crippen molar-refractivity contribution in [2.24, 2.45) is 5.10 Å². The second-order valence-electron chi connectivity index (χ2n) is 8.61. The van der Waals surface area contributed by atoms with Gasteiger partial charge in [-0.3, -0.25) is 9.59 Å². The zero-order chi connectivity index (χ0) is 26.5. The number of rotatable bonds is 14. The van der Waals surface area contributed by atoms with Gasteiger partial charge in [0.15, 0.2) is 0 Å². The van der Waals surface area contributed by atoms with Crippen molar-refractivity contribution in [3.05, 3.63) is 64.0 Å². The fraction of sp³-hybridized carbons (Fsp3) is 0.357. The van der Waals surface area contributed by atoms with Gasteiger partial charge in [-0.2, -0.15) is 5.10 Å². The second-order valence-corrected chi connectivity index (χ2v) is 10.0. The van der Waals surface area contributed by atoms with Crippen LogP contribution in [0, 0.1) is 0 Å². The Morgan fingerprint density at radius 3 is 2.43 bits per heavy atom. The number of carbonyl (C=O) groups is 3. The maximum absolute atomic E-state index is 12.8. The van der Waals surface area contributed by atoms with Crippen LogP contribution in [0.5, 0.6) is 5.75 Å². The lowest BCUT2D eigenvalue weighted by atomic mass is 10.1. The Morgan fingerprint density at radius 2 is 1.65 bits per heavy atom. The van der Waals surface area contributed by atoms with Gasteiger partial charge in [0.2, 0.25) is 5.91 Å². The molecule has 0 bridgehead atoms. The number of hydrogen-bond acceptors (Lipinski definition) is 6. The minimum Gasteiger partial charge on any atom is -0.422 e. The van der Waals surface area contributed by atoms with E-state index in [2.05, 4.69) is 22.8 Å². The van der Waals surface area contributed by atoms with Crippen LogP contribution in [-0.4, -0.2) is 30.5 Å². The molecule has 0 aliphatic heterocycles. The van der Waals surface area contributed by atoms with Crippen molar-refractivity contribution >= 4 is 57.0 Å². The Morgan fingerprint density at radius 1 is 0.946 bits per heavy atom. The normalized spacial score (nSPS) is 11.1. The van der Waals surface area contributed by atoms with Gasteiger partial charge in [0.25, 0.3) is 5.91 Å². The fourth-order valence-electron chi connectivity index (χ4n) is 3.69. The maximum atomic E-state index is 12.8. The zero-order valence-electron chi connectivity index (χ0n) is 20.9. The Labute approximate surface area is 226 Å². The summed E-state index contributed by atoms with van der Waals surface area (Å²) in [5, 5.41) is 7.70. The average molecular weight is 542 g/mol. The van der Waals surface area contributed by atoms with Crippen molar-refractivity contribution < 1.29 is 19.1 Å². The number of fused-ring (bicyclic) bond motifs is 1. The van der Waals surface area contributed by atoms with Crippen LogP contribution < -0.4 is 15.5 Å². The highest BCUT2D eigenvalue weighted by Gasteiger charge is 2.19. The summed E-state index contributed by atoms with van der Waals surface area (Å²) >= 11 is 7.66. The Hall–Kier alpha value is -3.23. The van der Waals surface area contributed by atoms with Crippen LogP contribution in [0.15, 0.2) is 53.6 Å². The number of amides is 2. The van der Waals surface area contributed by atoms with Crippen LogP contribution in [-0.2, 0) is 9.59 Å². The van der Waals surface area contributed by atoms with Gasteiger partial charge in [-0.25, -0.2) is 10.2 Å². The molecule has 2 amide bonds. The molecule has 3 rings (SSSR count). The van der Waals surface area contributed by atoms with E-state index in [1.807, 2.05) is 24.3 Å². The molecule has 0 aliphatic carbocycles. The highest BCUT2D eigenvalue weighted by Crippen LogP contribution is 2.36. The van der Waals surface area contributed by atoms with Crippen molar-refractivity contribution in [3.8, 4) is 5.75 Å². The van der Waals surface area contributed by atoms with Gasteiger partial charge in [-0.15, -0.1) is 11.3 Å². The summed E-state index contributed by atoms with van der Waals surface area (Å²) in [6, 6.07) is 14.3. The first-order chi connectivity index (χ1) is 18.0. The molecule has 0 fully saturated rings. The van der Waals surface area contributed by atoms with Crippen LogP contribution in [0.4, 0.5) is 0 Å². The molecule has 1 heterocycles. The minimum atomic E-state index is -0.570. The lowest BCUT2D eigenvalue weighted by Gasteiger charge is -2.07. The van der Waals surface area contributed by atoms with Gasteiger partial charge in [0, 0.05) is 22.1 Å². The first-order valence-corrected chi connectivity index (χ1v) is 13.8. The first kappa shape index (κ1) is 28.3. The van der Waals surface area contributed by atoms with Crippen molar-refractivity contribution in [1.29, 1.82) is 0 Å². The average Bonchev–Trinajstić information content (AvgIpc) is 3.24. The molecule has 196 valence electrons. The number of benzene rings is 2. The molecule has 1 aromatic heterocycles. The molecule has 0 saturated heterocycles. The van der Waals surface area contributed by atoms with Gasteiger partial charge in [0.1, 0.15) is 10.6 Å². The molecule has 37 heavy (non-hydrogen) atoms. The van der Waals surface area contributed by atoms with Crippen molar-refractivity contribution in [3.63, 3.8) is 0 Å². The number of esters is 1. The van der Waals surface area contributed by atoms with E-state index in [4.69, 9.17) is 16.3 Å². The quantitative estimate of drug-likeness (QED) is 0.0802. The lowest BCUT2D eigenvalue weighted by Crippen LogP contribution is -2.34. The monoisotopic (exact) mass is 541 g/mol. The maximum Gasteiger partial charge on any atom is 0.355 e.